The molecule has 0 aromatic heterocycles. The maximum Gasteiger partial charge on any atom is 0.0854 e. The second kappa shape index (κ2) is 4.97. The number of aryl methyl sites for hydroxylation is 1. The van der Waals surface area contributed by atoms with Crippen LogP contribution in [-0.4, -0.2) is 5.11 Å². The van der Waals surface area contributed by atoms with E-state index in [0.29, 0.717) is 0 Å². The molecular weight excluding hydrogens is 172 g/mol. The fourth-order valence-corrected chi connectivity index (χ4v) is 1.67. The lowest BCUT2D eigenvalue weighted by Gasteiger charge is -2.19. The number of aliphatic hydroxyl groups excluding tert-OH is 1. The highest BCUT2D eigenvalue weighted by molar-refractivity contribution is 5.28. The molecule has 1 heteroatoms. The molecule has 0 amide bonds. The highest BCUT2D eigenvalue weighted by Crippen LogP contribution is 2.27. The van der Waals surface area contributed by atoms with Crippen molar-refractivity contribution >= 4 is 0 Å². The summed E-state index contributed by atoms with van der Waals surface area (Å²) in [5.74, 6) is 0.149. The smallest absolute Gasteiger partial charge is 0.0854 e. The molecule has 14 heavy (non-hydrogen) atoms. The number of hydrogen-bond donors (Lipinski definition) is 1. The van der Waals surface area contributed by atoms with E-state index < -0.39 is 6.10 Å². The second-order valence-corrected chi connectivity index (χ2v) is 3.61. The Bertz CT molecular complexity index is 304. The van der Waals surface area contributed by atoms with Crippen LogP contribution in [0.15, 0.2) is 36.9 Å². The van der Waals surface area contributed by atoms with Crippen molar-refractivity contribution in [1.29, 1.82) is 0 Å². The van der Waals surface area contributed by atoms with Gasteiger partial charge in [-0.1, -0.05) is 37.3 Å². The molecule has 2 atom stereocenters. The Morgan fingerprint density at radius 2 is 2.07 bits per heavy atom. The summed E-state index contributed by atoms with van der Waals surface area (Å²) >= 11 is 0. The van der Waals surface area contributed by atoms with Gasteiger partial charge in [0.1, 0.15) is 0 Å². The van der Waals surface area contributed by atoms with Crippen LogP contribution in [0.4, 0.5) is 0 Å². The van der Waals surface area contributed by atoms with Gasteiger partial charge in [0.15, 0.2) is 0 Å². The highest BCUT2D eigenvalue weighted by atomic mass is 16.3. The lowest BCUT2D eigenvalue weighted by molar-refractivity contribution is 0.129. The van der Waals surface area contributed by atoms with Gasteiger partial charge in [-0.05, 0) is 24.5 Å². The van der Waals surface area contributed by atoms with E-state index in [1.165, 1.54) is 0 Å². The maximum absolute atomic E-state index is 10.1. The van der Waals surface area contributed by atoms with Crippen LogP contribution in [-0.2, 0) is 0 Å². The summed E-state index contributed by atoms with van der Waals surface area (Å²) in [5, 5.41) is 10.1. The third kappa shape index (κ3) is 2.24. The first-order valence-electron chi connectivity index (χ1n) is 5.06. The zero-order chi connectivity index (χ0) is 10.6. The molecule has 1 N–H and O–H groups in total. The lowest BCUT2D eigenvalue weighted by atomic mass is 9.91. The monoisotopic (exact) mass is 190 g/mol. The van der Waals surface area contributed by atoms with Crippen LogP contribution in [0.25, 0.3) is 0 Å². The molecule has 0 heterocycles. The van der Waals surface area contributed by atoms with Crippen LogP contribution >= 0.6 is 0 Å². The zero-order valence-electron chi connectivity index (χ0n) is 8.90. The van der Waals surface area contributed by atoms with Crippen molar-refractivity contribution in [2.45, 2.75) is 26.4 Å². The van der Waals surface area contributed by atoms with Gasteiger partial charge < -0.3 is 5.11 Å². The minimum atomic E-state index is -0.418. The number of benzene rings is 1. The molecule has 0 aliphatic heterocycles. The lowest BCUT2D eigenvalue weighted by Crippen LogP contribution is -2.10. The van der Waals surface area contributed by atoms with Crippen molar-refractivity contribution in [2.24, 2.45) is 5.92 Å². The van der Waals surface area contributed by atoms with Crippen LogP contribution in [0.5, 0.6) is 0 Å². The Morgan fingerprint density at radius 1 is 1.43 bits per heavy atom. The molecule has 0 fully saturated rings. The van der Waals surface area contributed by atoms with Crippen molar-refractivity contribution in [1.82, 2.24) is 0 Å². The normalized spacial score (nSPS) is 14.8. The molecule has 0 aliphatic rings. The fourth-order valence-electron chi connectivity index (χ4n) is 1.67. The summed E-state index contributed by atoms with van der Waals surface area (Å²) < 4.78 is 0. The Hall–Kier alpha value is -1.08. The molecule has 0 spiro atoms. The van der Waals surface area contributed by atoms with Gasteiger partial charge in [0.05, 0.1) is 6.10 Å². The van der Waals surface area contributed by atoms with E-state index >= 15 is 0 Å². The molecule has 0 bridgehead atoms. The van der Waals surface area contributed by atoms with E-state index in [9.17, 15) is 5.11 Å². The minimum Gasteiger partial charge on any atom is -0.388 e. The summed E-state index contributed by atoms with van der Waals surface area (Å²) in [6.45, 7) is 7.83. The first-order valence-corrected chi connectivity index (χ1v) is 5.06. The van der Waals surface area contributed by atoms with Gasteiger partial charge in [-0.25, -0.2) is 0 Å². The molecule has 1 rings (SSSR count). The quantitative estimate of drug-likeness (QED) is 0.723. The molecule has 1 aromatic rings. The van der Waals surface area contributed by atoms with Gasteiger partial charge in [0.2, 0.25) is 0 Å². The average molecular weight is 190 g/mol. The van der Waals surface area contributed by atoms with Crippen LogP contribution in [0.3, 0.4) is 0 Å². The maximum atomic E-state index is 10.1. The van der Waals surface area contributed by atoms with E-state index in [1.807, 2.05) is 37.3 Å². The van der Waals surface area contributed by atoms with E-state index in [1.54, 1.807) is 0 Å². The third-order valence-corrected chi connectivity index (χ3v) is 2.69. The zero-order valence-corrected chi connectivity index (χ0v) is 8.90. The molecular formula is C13H18O. The van der Waals surface area contributed by atoms with Gasteiger partial charge in [0.25, 0.3) is 0 Å². The summed E-state index contributed by atoms with van der Waals surface area (Å²) in [4.78, 5) is 0. The van der Waals surface area contributed by atoms with Gasteiger partial charge >= 0.3 is 0 Å². The molecule has 0 aliphatic carbocycles. The van der Waals surface area contributed by atoms with Gasteiger partial charge in [-0.15, -0.1) is 6.58 Å². The molecule has 76 valence electrons. The SMILES string of the molecule is C=C[C@@H](CC)[C@@H](O)c1ccccc1C. The molecule has 0 radical (unpaired) electrons. The van der Waals surface area contributed by atoms with Crippen LogP contribution in [0.1, 0.15) is 30.6 Å². The predicted molar refractivity (Wildman–Crippen MR) is 60.1 cm³/mol. The van der Waals surface area contributed by atoms with Crippen molar-refractivity contribution < 1.29 is 5.11 Å². The topological polar surface area (TPSA) is 20.2 Å². The number of aliphatic hydroxyl groups is 1. The molecule has 1 nitrogen and oxygen atoms in total. The van der Waals surface area contributed by atoms with E-state index in [4.69, 9.17) is 0 Å². The van der Waals surface area contributed by atoms with E-state index in [0.717, 1.165) is 17.5 Å². The first kappa shape index (κ1) is 11.0. The van der Waals surface area contributed by atoms with Crippen LogP contribution < -0.4 is 0 Å². The Morgan fingerprint density at radius 3 is 2.57 bits per heavy atom. The minimum absolute atomic E-state index is 0.149. The summed E-state index contributed by atoms with van der Waals surface area (Å²) in [7, 11) is 0. The van der Waals surface area contributed by atoms with Crippen molar-refractivity contribution in [3.05, 3.63) is 48.0 Å². The summed E-state index contributed by atoms with van der Waals surface area (Å²) in [5.41, 5.74) is 2.15. The Kier molecular flexibility index (Phi) is 3.90. The van der Waals surface area contributed by atoms with E-state index in [2.05, 4.69) is 13.5 Å². The fraction of sp³-hybridized carbons (Fsp3) is 0.385. The van der Waals surface area contributed by atoms with Gasteiger partial charge in [-0.3, -0.25) is 0 Å². The van der Waals surface area contributed by atoms with Gasteiger partial charge in [0, 0.05) is 5.92 Å². The van der Waals surface area contributed by atoms with Crippen molar-refractivity contribution in [3.63, 3.8) is 0 Å². The second-order valence-electron chi connectivity index (χ2n) is 3.61. The van der Waals surface area contributed by atoms with Crippen LogP contribution in [0.2, 0.25) is 0 Å². The molecule has 0 saturated carbocycles. The van der Waals surface area contributed by atoms with Crippen LogP contribution in [0, 0.1) is 12.8 Å². The number of hydrogen-bond acceptors (Lipinski definition) is 1. The summed E-state index contributed by atoms with van der Waals surface area (Å²) in [6.07, 6.45) is 2.33. The highest BCUT2D eigenvalue weighted by Gasteiger charge is 2.17. The third-order valence-electron chi connectivity index (χ3n) is 2.69. The molecule has 0 unspecified atom stereocenters. The number of rotatable bonds is 4. The van der Waals surface area contributed by atoms with Crippen molar-refractivity contribution in [2.75, 3.05) is 0 Å². The molecule has 1 aromatic carbocycles. The Labute approximate surface area is 86.1 Å². The summed E-state index contributed by atoms with van der Waals surface area (Å²) in [6, 6.07) is 7.95. The molecule has 0 saturated heterocycles. The predicted octanol–water partition coefficient (Wildman–Crippen LogP) is 3.24. The van der Waals surface area contributed by atoms with E-state index in [-0.39, 0.29) is 5.92 Å². The standard InChI is InChI=1S/C13H18O/c1-4-11(5-2)13(14)12-9-7-6-8-10(12)3/h4,6-9,11,13-14H,1,5H2,2-3H3/t11-,13+/m0/s1. The first-order chi connectivity index (χ1) is 6.70. The average Bonchev–Trinajstić information content (AvgIpc) is 2.20. The Balaban J connectivity index is 2.93. The van der Waals surface area contributed by atoms with Gasteiger partial charge in [-0.2, -0.15) is 0 Å². The van der Waals surface area contributed by atoms with Crippen molar-refractivity contribution in [3.8, 4) is 0 Å². The largest absolute Gasteiger partial charge is 0.388 e.